The first-order chi connectivity index (χ1) is 15.7. The summed E-state index contributed by atoms with van der Waals surface area (Å²) in [5, 5.41) is 13.4. The van der Waals surface area contributed by atoms with Gasteiger partial charge in [0.1, 0.15) is 17.1 Å². The molecule has 0 radical (unpaired) electrons. The van der Waals surface area contributed by atoms with Gasteiger partial charge in [-0.3, -0.25) is 25.0 Å². The van der Waals surface area contributed by atoms with Crippen LogP contribution in [0.1, 0.15) is 11.3 Å². The number of furan rings is 1. The van der Waals surface area contributed by atoms with Gasteiger partial charge in [-0.1, -0.05) is 17.7 Å². The number of amides is 4. The van der Waals surface area contributed by atoms with E-state index in [4.69, 9.17) is 16.0 Å². The lowest BCUT2D eigenvalue weighted by molar-refractivity contribution is -0.384. The number of nitro groups is 1. The van der Waals surface area contributed by atoms with E-state index in [1.807, 2.05) is 0 Å². The number of carbonyl (C=O) groups is 3. The van der Waals surface area contributed by atoms with Crippen LogP contribution in [0.15, 0.2) is 63.0 Å². The van der Waals surface area contributed by atoms with Crippen molar-refractivity contribution in [2.24, 2.45) is 0 Å². The summed E-state index contributed by atoms with van der Waals surface area (Å²) in [6, 6.07) is 11.2. The number of anilines is 1. The van der Waals surface area contributed by atoms with Gasteiger partial charge in [0, 0.05) is 27.2 Å². The van der Waals surface area contributed by atoms with E-state index >= 15 is 0 Å². The van der Waals surface area contributed by atoms with Crippen LogP contribution >= 0.6 is 27.5 Å². The van der Waals surface area contributed by atoms with Crippen molar-refractivity contribution in [1.82, 2.24) is 5.32 Å². The molecule has 9 nitrogen and oxygen atoms in total. The molecule has 11 heteroatoms. The minimum absolute atomic E-state index is 0.0925. The molecule has 3 aromatic rings. The zero-order valence-corrected chi connectivity index (χ0v) is 19.1. The Morgan fingerprint density at radius 3 is 2.61 bits per heavy atom. The third-order valence-electron chi connectivity index (χ3n) is 4.92. The van der Waals surface area contributed by atoms with Gasteiger partial charge < -0.3 is 4.42 Å². The third-order valence-corrected chi connectivity index (χ3v) is 5.99. The predicted molar refractivity (Wildman–Crippen MR) is 124 cm³/mol. The quantitative estimate of drug-likeness (QED) is 0.213. The van der Waals surface area contributed by atoms with Crippen molar-refractivity contribution in [2.75, 3.05) is 4.90 Å². The van der Waals surface area contributed by atoms with E-state index in [1.165, 1.54) is 30.3 Å². The molecule has 4 rings (SSSR count). The number of hydrogen-bond donors (Lipinski definition) is 1. The molecule has 0 spiro atoms. The molecule has 0 aliphatic carbocycles. The number of hydrogen-bond acceptors (Lipinski definition) is 6. The Kier molecular flexibility index (Phi) is 5.88. The van der Waals surface area contributed by atoms with Crippen molar-refractivity contribution >= 4 is 62.8 Å². The molecule has 33 heavy (non-hydrogen) atoms. The number of nitrogens with zero attached hydrogens (tertiary/aromatic N) is 2. The first-order valence-electron chi connectivity index (χ1n) is 9.38. The van der Waals surface area contributed by atoms with E-state index in [0.717, 1.165) is 4.90 Å². The smallest absolute Gasteiger partial charge is 0.335 e. The molecule has 1 aliphatic heterocycles. The highest BCUT2D eigenvalue weighted by Crippen LogP contribution is 2.34. The molecule has 1 saturated heterocycles. The molecule has 0 bridgehead atoms. The van der Waals surface area contributed by atoms with Gasteiger partial charge in [-0.15, -0.1) is 0 Å². The summed E-state index contributed by atoms with van der Waals surface area (Å²) in [5.41, 5.74) is 0.886. The zero-order valence-electron chi connectivity index (χ0n) is 16.8. The SMILES string of the molecule is Cc1c(Cl)cccc1N1C(=O)NC(=O)/C(=C/c2ccc(-c3ccc([N+](=O)[O-])cc3Br)o2)C1=O. The van der Waals surface area contributed by atoms with Crippen LogP contribution in [0.5, 0.6) is 0 Å². The fraction of sp³-hybridized carbons (Fsp3) is 0.0455. The second kappa shape index (κ2) is 8.64. The maximum atomic E-state index is 13.1. The molecular weight excluding hydrogens is 518 g/mol. The topological polar surface area (TPSA) is 123 Å². The summed E-state index contributed by atoms with van der Waals surface area (Å²) in [5.74, 6) is -1.17. The highest BCUT2D eigenvalue weighted by Gasteiger charge is 2.37. The Balaban J connectivity index is 1.69. The average molecular weight is 531 g/mol. The number of rotatable bonds is 4. The van der Waals surface area contributed by atoms with Crippen molar-refractivity contribution in [3.8, 4) is 11.3 Å². The molecule has 0 saturated carbocycles. The van der Waals surface area contributed by atoms with Crippen molar-refractivity contribution in [3.05, 3.63) is 85.0 Å². The number of non-ortho nitro benzene ring substituents is 1. The van der Waals surface area contributed by atoms with Gasteiger partial charge >= 0.3 is 6.03 Å². The number of carbonyl (C=O) groups excluding carboxylic acids is 3. The summed E-state index contributed by atoms with van der Waals surface area (Å²) >= 11 is 9.40. The van der Waals surface area contributed by atoms with Gasteiger partial charge in [0.25, 0.3) is 17.5 Å². The summed E-state index contributed by atoms with van der Waals surface area (Å²) in [6.45, 7) is 1.65. The van der Waals surface area contributed by atoms with Crippen molar-refractivity contribution in [3.63, 3.8) is 0 Å². The Labute approximate surface area is 199 Å². The van der Waals surface area contributed by atoms with Crippen molar-refractivity contribution < 1.29 is 23.7 Å². The number of barbiturate groups is 1. The highest BCUT2D eigenvalue weighted by atomic mass is 79.9. The van der Waals surface area contributed by atoms with Crippen LogP contribution in [0.2, 0.25) is 5.02 Å². The monoisotopic (exact) mass is 529 g/mol. The van der Waals surface area contributed by atoms with E-state index in [-0.39, 0.29) is 22.7 Å². The first kappa shape index (κ1) is 22.4. The summed E-state index contributed by atoms with van der Waals surface area (Å²) in [7, 11) is 0. The van der Waals surface area contributed by atoms with Gasteiger partial charge in [0.15, 0.2) is 0 Å². The Bertz CT molecular complexity index is 1380. The zero-order chi connectivity index (χ0) is 23.9. The van der Waals surface area contributed by atoms with Crippen LogP contribution in [0.25, 0.3) is 17.4 Å². The Hall–Kier alpha value is -3.76. The minimum atomic E-state index is -0.887. The lowest BCUT2D eigenvalue weighted by atomic mass is 10.1. The maximum absolute atomic E-state index is 13.1. The number of urea groups is 1. The molecule has 1 fully saturated rings. The molecule has 2 aromatic carbocycles. The lowest BCUT2D eigenvalue weighted by Crippen LogP contribution is -2.54. The van der Waals surface area contributed by atoms with Crippen molar-refractivity contribution in [2.45, 2.75) is 6.92 Å². The predicted octanol–water partition coefficient (Wildman–Crippen LogP) is 5.25. The maximum Gasteiger partial charge on any atom is 0.335 e. The highest BCUT2D eigenvalue weighted by molar-refractivity contribution is 9.10. The number of nitro benzene ring substituents is 1. The van der Waals surface area contributed by atoms with Gasteiger partial charge in [-0.05, 0) is 64.8 Å². The third kappa shape index (κ3) is 4.18. The molecule has 2 heterocycles. The number of nitrogens with one attached hydrogen (secondary N) is 1. The molecule has 1 aliphatic rings. The van der Waals surface area contributed by atoms with Crippen LogP contribution < -0.4 is 10.2 Å². The van der Waals surface area contributed by atoms with Gasteiger partial charge in [0.2, 0.25) is 0 Å². The molecule has 4 amide bonds. The fourth-order valence-corrected chi connectivity index (χ4v) is 3.98. The van der Waals surface area contributed by atoms with Gasteiger partial charge in [-0.25, -0.2) is 9.69 Å². The second-order valence-corrected chi connectivity index (χ2v) is 8.23. The van der Waals surface area contributed by atoms with E-state index in [9.17, 15) is 24.5 Å². The van der Waals surface area contributed by atoms with E-state index in [1.54, 1.807) is 31.2 Å². The van der Waals surface area contributed by atoms with E-state index < -0.39 is 22.8 Å². The normalized spacial score (nSPS) is 15.2. The van der Waals surface area contributed by atoms with Crippen LogP contribution in [0.4, 0.5) is 16.2 Å². The molecule has 1 aromatic heterocycles. The minimum Gasteiger partial charge on any atom is -0.457 e. The standard InChI is InChI=1S/C22H13BrClN3O6/c1-11-17(24)3-2-4-18(11)26-21(29)15(20(28)25-22(26)30)10-13-6-8-19(33-13)14-7-5-12(27(31)32)9-16(14)23/h2-10H,1H3,(H,25,28,30)/b15-10-. The Morgan fingerprint density at radius 1 is 1.15 bits per heavy atom. The molecule has 0 atom stereocenters. The van der Waals surface area contributed by atoms with Crippen molar-refractivity contribution in [1.29, 1.82) is 0 Å². The molecule has 1 N–H and O–H groups in total. The number of imide groups is 2. The molecule has 166 valence electrons. The molecule has 0 unspecified atom stereocenters. The fourth-order valence-electron chi connectivity index (χ4n) is 3.25. The number of halogens is 2. The lowest BCUT2D eigenvalue weighted by Gasteiger charge is -2.27. The molecular formula is C22H13BrClN3O6. The van der Waals surface area contributed by atoms with Crippen LogP contribution in [0, 0.1) is 17.0 Å². The largest absolute Gasteiger partial charge is 0.457 e. The van der Waals surface area contributed by atoms with E-state index in [0.29, 0.717) is 26.4 Å². The summed E-state index contributed by atoms with van der Waals surface area (Å²) < 4.78 is 6.16. The first-order valence-corrected chi connectivity index (χ1v) is 10.5. The average Bonchev–Trinajstić information content (AvgIpc) is 3.22. The van der Waals surface area contributed by atoms with Crippen LogP contribution in [-0.4, -0.2) is 22.8 Å². The second-order valence-electron chi connectivity index (χ2n) is 6.97. The van der Waals surface area contributed by atoms with Crippen LogP contribution in [-0.2, 0) is 9.59 Å². The van der Waals surface area contributed by atoms with E-state index in [2.05, 4.69) is 21.2 Å². The Morgan fingerprint density at radius 2 is 1.91 bits per heavy atom. The number of benzene rings is 2. The summed E-state index contributed by atoms with van der Waals surface area (Å²) in [4.78, 5) is 49.1. The van der Waals surface area contributed by atoms with Crippen LogP contribution in [0.3, 0.4) is 0 Å². The van der Waals surface area contributed by atoms with Gasteiger partial charge in [-0.2, -0.15) is 0 Å². The summed E-state index contributed by atoms with van der Waals surface area (Å²) in [6.07, 6.45) is 1.22. The van der Waals surface area contributed by atoms with Gasteiger partial charge in [0.05, 0.1) is 10.6 Å².